The van der Waals surface area contributed by atoms with Gasteiger partial charge in [-0.05, 0) is 31.4 Å². The van der Waals surface area contributed by atoms with E-state index in [9.17, 15) is 14.4 Å². The Labute approximate surface area is 168 Å². The standard InChI is InChI=1S/C20H25N5O4/c1-13-12-25(14-2-6-23(7-3-14)8-5-18(27)28)19-16(13)10-15(11-21-19)24-9-4-17(26)22-20(24)29/h10-12,14H,2-9H2,1H3,(H,27,28)(H,22,26,29). The third-order valence-corrected chi connectivity index (χ3v) is 5.81. The van der Waals surface area contributed by atoms with Crippen LogP contribution in [0.15, 0.2) is 18.5 Å². The minimum absolute atomic E-state index is 0.177. The van der Waals surface area contributed by atoms with Gasteiger partial charge in [0.2, 0.25) is 5.91 Å². The van der Waals surface area contributed by atoms with Gasteiger partial charge in [0.05, 0.1) is 18.3 Å². The number of piperidine rings is 1. The number of carbonyl (C=O) groups is 3. The lowest BCUT2D eigenvalue weighted by Gasteiger charge is -2.32. The first-order chi connectivity index (χ1) is 13.9. The molecule has 154 valence electrons. The van der Waals surface area contributed by atoms with Crippen molar-refractivity contribution in [1.29, 1.82) is 0 Å². The van der Waals surface area contributed by atoms with Crippen LogP contribution in [0.4, 0.5) is 10.5 Å². The van der Waals surface area contributed by atoms with Gasteiger partial charge < -0.3 is 14.6 Å². The number of urea groups is 1. The molecule has 2 fully saturated rings. The number of aryl methyl sites for hydroxylation is 1. The average Bonchev–Trinajstić information content (AvgIpc) is 3.03. The number of fused-ring (bicyclic) bond motifs is 1. The molecule has 0 saturated carbocycles. The van der Waals surface area contributed by atoms with Gasteiger partial charge in [-0.25, -0.2) is 9.78 Å². The van der Waals surface area contributed by atoms with E-state index in [1.807, 2.05) is 13.0 Å². The van der Waals surface area contributed by atoms with Crippen LogP contribution in [-0.4, -0.2) is 63.6 Å². The molecule has 0 aliphatic carbocycles. The van der Waals surface area contributed by atoms with E-state index in [2.05, 4.69) is 26.0 Å². The van der Waals surface area contributed by atoms with Gasteiger partial charge in [0, 0.05) is 50.2 Å². The maximum absolute atomic E-state index is 12.1. The highest BCUT2D eigenvalue weighted by atomic mass is 16.4. The minimum Gasteiger partial charge on any atom is -0.481 e. The van der Waals surface area contributed by atoms with Crippen molar-refractivity contribution in [3.63, 3.8) is 0 Å². The van der Waals surface area contributed by atoms with Crippen LogP contribution in [0.3, 0.4) is 0 Å². The summed E-state index contributed by atoms with van der Waals surface area (Å²) in [4.78, 5) is 42.7. The predicted molar refractivity (Wildman–Crippen MR) is 107 cm³/mol. The van der Waals surface area contributed by atoms with E-state index >= 15 is 0 Å². The summed E-state index contributed by atoms with van der Waals surface area (Å²) < 4.78 is 2.21. The highest BCUT2D eigenvalue weighted by Crippen LogP contribution is 2.31. The molecule has 2 aromatic heterocycles. The third kappa shape index (κ3) is 3.95. The van der Waals surface area contributed by atoms with Crippen LogP contribution in [0, 0.1) is 6.92 Å². The monoisotopic (exact) mass is 399 g/mol. The minimum atomic E-state index is -0.758. The molecular weight excluding hydrogens is 374 g/mol. The van der Waals surface area contributed by atoms with Gasteiger partial charge >= 0.3 is 12.0 Å². The molecule has 0 spiro atoms. The van der Waals surface area contributed by atoms with Crippen molar-refractivity contribution in [2.24, 2.45) is 0 Å². The smallest absolute Gasteiger partial charge is 0.328 e. The Morgan fingerprint density at radius 2 is 2.03 bits per heavy atom. The summed E-state index contributed by atoms with van der Waals surface area (Å²) in [7, 11) is 0. The van der Waals surface area contributed by atoms with Crippen LogP contribution >= 0.6 is 0 Å². The zero-order valence-electron chi connectivity index (χ0n) is 16.4. The topological polar surface area (TPSA) is 108 Å². The Morgan fingerprint density at radius 1 is 1.28 bits per heavy atom. The molecule has 2 aliphatic heterocycles. The van der Waals surface area contributed by atoms with Gasteiger partial charge in [-0.15, -0.1) is 0 Å². The maximum Gasteiger partial charge on any atom is 0.328 e. The first kappa shape index (κ1) is 19.4. The number of aliphatic carboxylic acids is 1. The third-order valence-electron chi connectivity index (χ3n) is 5.81. The number of hydrogen-bond acceptors (Lipinski definition) is 5. The van der Waals surface area contributed by atoms with E-state index in [-0.39, 0.29) is 18.7 Å². The summed E-state index contributed by atoms with van der Waals surface area (Å²) in [6.45, 7) is 4.72. The number of carboxylic acid groups (broad SMARTS) is 1. The molecule has 2 saturated heterocycles. The van der Waals surface area contributed by atoms with Crippen LogP contribution < -0.4 is 10.2 Å². The highest BCUT2D eigenvalue weighted by Gasteiger charge is 2.26. The zero-order chi connectivity index (χ0) is 20.5. The largest absolute Gasteiger partial charge is 0.481 e. The van der Waals surface area contributed by atoms with Crippen molar-refractivity contribution in [1.82, 2.24) is 19.8 Å². The fraction of sp³-hybridized carbons (Fsp3) is 0.500. The Hall–Kier alpha value is -2.94. The van der Waals surface area contributed by atoms with E-state index in [0.29, 0.717) is 24.8 Å². The lowest BCUT2D eigenvalue weighted by molar-refractivity contribution is -0.137. The first-order valence-corrected chi connectivity index (χ1v) is 9.95. The predicted octanol–water partition coefficient (Wildman–Crippen LogP) is 1.90. The number of amides is 3. The Kier molecular flexibility index (Phi) is 5.23. The molecule has 9 heteroatoms. The number of aromatic nitrogens is 2. The molecule has 9 nitrogen and oxygen atoms in total. The number of imide groups is 1. The molecule has 3 amide bonds. The van der Waals surface area contributed by atoms with E-state index in [4.69, 9.17) is 5.11 Å². The lowest BCUT2D eigenvalue weighted by atomic mass is 10.0. The van der Waals surface area contributed by atoms with Gasteiger partial charge in [0.15, 0.2) is 0 Å². The van der Waals surface area contributed by atoms with Crippen molar-refractivity contribution >= 4 is 34.6 Å². The number of hydrogen-bond donors (Lipinski definition) is 2. The fourth-order valence-electron chi connectivity index (χ4n) is 4.19. The molecule has 0 radical (unpaired) electrons. The number of carbonyl (C=O) groups excluding carboxylic acids is 2. The molecule has 2 N–H and O–H groups in total. The molecule has 4 heterocycles. The SMILES string of the molecule is Cc1cn(C2CCN(CCC(=O)O)CC2)c2ncc(N3CCC(=O)NC3=O)cc12. The lowest BCUT2D eigenvalue weighted by Crippen LogP contribution is -2.49. The van der Waals surface area contributed by atoms with Crippen molar-refractivity contribution in [3.8, 4) is 0 Å². The van der Waals surface area contributed by atoms with Crippen LogP contribution in [0.5, 0.6) is 0 Å². The van der Waals surface area contributed by atoms with Gasteiger partial charge in [0.1, 0.15) is 5.65 Å². The highest BCUT2D eigenvalue weighted by molar-refractivity contribution is 6.06. The Bertz CT molecular complexity index is 961. The number of nitrogens with zero attached hydrogens (tertiary/aromatic N) is 4. The van der Waals surface area contributed by atoms with Crippen molar-refractivity contribution in [2.45, 2.75) is 38.6 Å². The van der Waals surface area contributed by atoms with Gasteiger partial charge in [-0.3, -0.25) is 19.8 Å². The molecule has 4 rings (SSSR count). The van der Waals surface area contributed by atoms with E-state index in [1.165, 1.54) is 0 Å². The fourth-order valence-corrected chi connectivity index (χ4v) is 4.19. The summed E-state index contributed by atoms with van der Waals surface area (Å²) in [6.07, 6.45) is 6.15. The van der Waals surface area contributed by atoms with Crippen molar-refractivity contribution in [2.75, 3.05) is 31.1 Å². The number of rotatable bonds is 5. The molecule has 29 heavy (non-hydrogen) atoms. The summed E-state index contributed by atoms with van der Waals surface area (Å²) in [6, 6.07) is 1.88. The number of anilines is 1. The normalized spacial score (nSPS) is 19.0. The van der Waals surface area contributed by atoms with Gasteiger partial charge in [-0.1, -0.05) is 0 Å². The molecule has 0 bridgehead atoms. The van der Waals surface area contributed by atoms with Crippen molar-refractivity contribution < 1.29 is 19.5 Å². The van der Waals surface area contributed by atoms with E-state index in [1.54, 1.807) is 11.1 Å². The molecule has 2 aliphatic rings. The summed E-state index contributed by atoms with van der Waals surface area (Å²) >= 11 is 0. The van der Waals surface area contributed by atoms with Gasteiger partial charge in [-0.2, -0.15) is 0 Å². The Morgan fingerprint density at radius 3 is 2.72 bits per heavy atom. The summed E-state index contributed by atoms with van der Waals surface area (Å²) in [5.41, 5.74) is 2.67. The number of likely N-dealkylation sites (tertiary alicyclic amines) is 1. The number of nitrogens with one attached hydrogen (secondary N) is 1. The van der Waals surface area contributed by atoms with Crippen LogP contribution in [-0.2, 0) is 9.59 Å². The Balaban J connectivity index is 1.51. The molecule has 2 aromatic rings. The van der Waals surface area contributed by atoms with Crippen molar-refractivity contribution in [3.05, 3.63) is 24.0 Å². The van der Waals surface area contributed by atoms with Crippen LogP contribution in [0.2, 0.25) is 0 Å². The van der Waals surface area contributed by atoms with Gasteiger partial charge in [0.25, 0.3) is 0 Å². The van der Waals surface area contributed by atoms with E-state index in [0.717, 1.165) is 42.5 Å². The molecule has 0 unspecified atom stereocenters. The second-order valence-electron chi connectivity index (χ2n) is 7.76. The second-order valence-corrected chi connectivity index (χ2v) is 7.76. The quantitative estimate of drug-likeness (QED) is 0.795. The average molecular weight is 399 g/mol. The van der Waals surface area contributed by atoms with Crippen LogP contribution in [0.1, 0.15) is 37.3 Å². The molecular formula is C20H25N5O4. The maximum atomic E-state index is 12.1. The van der Waals surface area contributed by atoms with E-state index < -0.39 is 12.0 Å². The number of pyridine rings is 1. The summed E-state index contributed by atoms with van der Waals surface area (Å²) in [5.74, 6) is -1.01. The second kappa shape index (κ2) is 7.82. The molecule has 0 atom stereocenters. The molecule has 0 aromatic carbocycles. The summed E-state index contributed by atoms with van der Waals surface area (Å²) in [5, 5.41) is 12.2. The zero-order valence-corrected chi connectivity index (χ0v) is 16.4. The first-order valence-electron chi connectivity index (χ1n) is 9.95. The van der Waals surface area contributed by atoms with Crippen LogP contribution in [0.25, 0.3) is 11.0 Å². The number of carboxylic acids is 1.